The number of hydrogen-bond acceptors (Lipinski definition) is 3. The van der Waals surface area contributed by atoms with E-state index in [0.717, 1.165) is 0 Å². The SMILES string of the molecule is C=CCC(N)C(=O)NCCC(C)O. The molecule has 4 heteroatoms. The quantitative estimate of drug-likeness (QED) is 0.502. The van der Waals surface area contributed by atoms with Crippen LogP contribution in [-0.4, -0.2) is 29.7 Å². The van der Waals surface area contributed by atoms with E-state index in [4.69, 9.17) is 10.8 Å². The van der Waals surface area contributed by atoms with Crippen LogP contribution in [0.15, 0.2) is 12.7 Å². The monoisotopic (exact) mass is 186 g/mol. The van der Waals surface area contributed by atoms with E-state index in [1.165, 1.54) is 0 Å². The molecule has 0 aromatic carbocycles. The fourth-order valence-electron chi connectivity index (χ4n) is 0.822. The Bertz CT molecular complexity index is 169. The van der Waals surface area contributed by atoms with Crippen LogP contribution in [0, 0.1) is 0 Å². The Hall–Kier alpha value is -0.870. The molecule has 2 unspecified atom stereocenters. The van der Waals surface area contributed by atoms with Gasteiger partial charge in [0.25, 0.3) is 0 Å². The van der Waals surface area contributed by atoms with E-state index in [-0.39, 0.29) is 5.91 Å². The minimum atomic E-state index is -0.522. The molecule has 0 radical (unpaired) electrons. The van der Waals surface area contributed by atoms with Crippen LogP contribution < -0.4 is 11.1 Å². The van der Waals surface area contributed by atoms with Crippen LogP contribution in [0.5, 0.6) is 0 Å². The molecule has 76 valence electrons. The van der Waals surface area contributed by atoms with Crippen LogP contribution in [0.4, 0.5) is 0 Å². The molecule has 0 aliphatic carbocycles. The summed E-state index contributed by atoms with van der Waals surface area (Å²) in [5, 5.41) is 11.5. The topological polar surface area (TPSA) is 75.4 Å². The number of carbonyl (C=O) groups is 1. The van der Waals surface area contributed by atoms with Gasteiger partial charge in [0.1, 0.15) is 0 Å². The lowest BCUT2D eigenvalue weighted by atomic mass is 10.2. The van der Waals surface area contributed by atoms with Crippen molar-refractivity contribution in [3.63, 3.8) is 0 Å². The molecule has 0 aromatic heterocycles. The summed E-state index contributed by atoms with van der Waals surface area (Å²) in [6.07, 6.45) is 2.24. The first-order valence-electron chi connectivity index (χ1n) is 4.40. The van der Waals surface area contributed by atoms with Crippen LogP contribution in [0.3, 0.4) is 0 Å². The Labute approximate surface area is 78.8 Å². The van der Waals surface area contributed by atoms with Gasteiger partial charge in [-0.2, -0.15) is 0 Å². The van der Waals surface area contributed by atoms with E-state index < -0.39 is 12.1 Å². The summed E-state index contributed by atoms with van der Waals surface area (Å²) in [6, 6.07) is -0.522. The second kappa shape index (κ2) is 6.62. The average molecular weight is 186 g/mol. The third kappa shape index (κ3) is 6.31. The van der Waals surface area contributed by atoms with Gasteiger partial charge in [0.15, 0.2) is 0 Å². The minimum absolute atomic E-state index is 0.194. The number of aliphatic hydroxyl groups excluding tert-OH is 1. The minimum Gasteiger partial charge on any atom is -0.393 e. The maximum absolute atomic E-state index is 11.1. The molecule has 0 saturated heterocycles. The number of nitrogens with two attached hydrogens (primary N) is 1. The number of amides is 1. The van der Waals surface area contributed by atoms with Crippen molar-refractivity contribution in [1.82, 2.24) is 5.32 Å². The van der Waals surface area contributed by atoms with Crippen molar-refractivity contribution in [2.75, 3.05) is 6.54 Å². The van der Waals surface area contributed by atoms with Gasteiger partial charge in [-0.05, 0) is 19.8 Å². The second-order valence-corrected chi connectivity index (χ2v) is 3.06. The Balaban J connectivity index is 3.55. The summed E-state index contributed by atoms with van der Waals surface area (Å²) in [7, 11) is 0. The van der Waals surface area contributed by atoms with Crippen molar-refractivity contribution < 1.29 is 9.90 Å². The number of nitrogens with one attached hydrogen (secondary N) is 1. The normalized spacial score (nSPS) is 14.7. The lowest BCUT2D eigenvalue weighted by Gasteiger charge is -2.10. The zero-order valence-corrected chi connectivity index (χ0v) is 7.99. The maximum Gasteiger partial charge on any atom is 0.237 e. The molecule has 0 bridgehead atoms. The molecule has 2 atom stereocenters. The highest BCUT2D eigenvalue weighted by molar-refractivity contribution is 5.81. The predicted octanol–water partition coefficient (Wildman–Crippen LogP) is -0.223. The second-order valence-electron chi connectivity index (χ2n) is 3.06. The molecule has 0 aromatic rings. The highest BCUT2D eigenvalue weighted by Gasteiger charge is 2.10. The molecule has 0 heterocycles. The highest BCUT2D eigenvalue weighted by Crippen LogP contribution is 1.90. The molecule has 0 spiro atoms. The van der Waals surface area contributed by atoms with Gasteiger partial charge in [0.05, 0.1) is 12.1 Å². The Morgan fingerprint density at radius 2 is 2.38 bits per heavy atom. The van der Waals surface area contributed by atoms with Gasteiger partial charge in [-0.1, -0.05) is 6.08 Å². The van der Waals surface area contributed by atoms with Gasteiger partial charge in [-0.25, -0.2) is 0 Å². The predicted molar refractivity (Wildman–Crippen MR) is 52.1 cm³/mol. The molecule has 1 amide bonds. The molecule has 0 saturated carbocycles. The van der Waals surface area contributed by atoms with E-state index in [1.807, 2.05) is 0 Å². The standard InChI is InChI=1S/C9H18N2O2/c1-3-4-8(10)9(13)11-6-5-7(2)12/h3,7-8,12H,1,4-6,10H2,2H3,(H,11,13). The first-order valence-corrected chi connectivity index (χ1v) is 4.40. The first-order chi connectivity index (χ1) is 6.07. The molecule has 0 aliphatic heterocycles. The molecule has 4 nitrogen and oxygen atoms in total. The van der Waals surface area contributed by atoms with Gasteiger partial charge >= 0.3 is 0 Å². The van der Waals surface area contributed by atoms with Crippen molar-refractivity contribution in [2.24, 2.45) is 5.73 Å². The summed E-state index contributed by atoms with van der Waals surface area (Å²) in [5.41, 5.74) is 5.50. The van der Waals surface area contributed by atoms with E-state index >= 15 is 0 Å². The van der Waals surface area contributed by atoms with Gasteiger partial charge < -0.3 is 16.2 Å². The van der Waals surface area contributed by atoms with Crippen molar-refractivity contribution >= 4 is 5.91 Å². The zero-order valence-electron chi connectivity index (χ0n) is 7.99. The van der Waals surface area contributed by atoms with E-state index in [0.29, 0.717) is 19.4 Å². The average Bonchev–Trinajstić information content (AvgIpc) is 2.04. The fraction of sp³-hybridized carbons (Fsp3) is 0.667. The van der Waals surface area contributed by atoms with Gasteiger partial charge in [-0.15, -0.1) is 6.58 Å². The third-order valence-electron chi connectivity index (χ3n) is 1.62. The van der Waals surface area contributed by atoms with E-state index in [2.05, 4.69) is 11.9 Å². The zero-order chi connectivity index (χ0) is 10.3. The molecular formula is C9H18N2O2. The van der Waals surface area contributed by atoms with Crippen molar-refractivity contribution in [3.05, 3.63) is 12.7 Å². The lowest BCUT2D eigenvalue weighted by molar-refractivity contribution is -0.122. The number of hydrogen-bond donors (Lipinski definition) is 3. The van der Waals surface area contributed by atoms with Crippen LogP contribution in [0.25, 0.3) is 0 Å². The molecular weight excluding hydrogens is 168 g/mol. The maximum atomic E-state index is 11.1. The van der Waals surface area contributed by atoms with Gasteiger partial charge in [0, 0.05) is 6.54 Å². The van der Waals surface area contributed by atoms with Crippen molar-refractivity contribution in [3.8, 4) is 0 Å². The largest absolute Gasteiger partial charge is 0.393 e. The molecule has 0 rings (SSSR count). The lowest BCUT2D eigenvalue weighted by Crippen LogP contribution is -2.41. The number of rotatable bonds is 6. The third-order valence-corrected chi connectivity index (χ3v) is 1.62. The first kappa shape index (κ1) is 12.1. The Morgan fingerprint density at radius 3 is 2.85 bits per heavy atom. The van der Waals surface area contributed by atoms with E-state index in [1.54, 1.807) is 13.0 Å². The van der Waals surface area contributed by atoms with E-state index in [9.17, 15) is 4.79 Å². The number of aliphatic hydroxyl groups is 1. The van der Waals surface area contributed by atoms with Crippen LogP contribution in [0.1, 0.15) is 19.8 Å². The summed E-state index contributed by atoms with van der Waals surface area (Å²) in [6.45, 7) is 5.63. The molecule has 0 fully saturated rings. The van der Waals surface area contributed by atoms with Crippen molar-refractivity contribution in [1.29, 1.82) is 0 Å². The summed E-state index contributed by atoms with van der Waals surface area (Å²) < 4.78 is 0. The molecule has 13 heavy (non-hydrogen) atoms. The van der Waals surface area contributed by atoms with Crippen molar-refractivity contribution in [2.45, 2.75) is 31.9 Å². The summed E-state index contributed by atoms with van der Waals surface area (Å²) in [4.78, 5) is 11.1. The fourth-order valence-corrected chi connectivity index (χ4v) is 0.822. The van der Waals surface area contributed by atoms with Crippen LogP contribution in [0.2, 0.25) is 0 Å². The highest BCUT2D eigenvalue weighted by atomic mass is 16.3. The molecule has 4 N–H and O–H groups in total. The van der Waals surface area contributed by atoms with Gasteiger partial charge in [-0.3, -0.25) is 4.79 Å². The van der Waals surface area contributed by atoms with Crippen LogP contribution >= 0.6 is 0 Å². The molecule has 0 aliphatic rings. The Kier molecular flexibility index (Phi) is 6.18. The van der Waals surface area contributed by atoms with Gasteiger partial charge in [0.2, 0.25) is 5.91 Å². The summed E-state index contributed by atoms with van der Waals surface area (Å²) in [5.74, 6) is -0.194. The summed E-state index contributed by atoms with van der Waals surface area (Å²) >= 11 is 0. The smallest absolute Gasteiger partial charge is 0.237 e. The Morgan fingerprint density at radius 1 is 1.77 bits per heavy atom. The van der Waals surface area contributed by atoms with Crippen LogP contribution in [-0.2, 0) is 4.79 Å². The number of carbonyl (C=O) groups excluding carboxylic acids is 1.